The Balaban J connectivity index is 1.96. The van der Waals surface area contributed by atoms with E-state index in [0.29, 0.717) is 13.1 Å². The monoisotopic (exact) mass is 282 g/mol. The summed E-state index contributed by atoms with van der Waals surface area (Å²) in [5.74, 6) is -1.84. The summed E-state index contributed by atoms with van der Waals surface area (Å²) in [5, 5.41) is 11.0. The summed E-state index contributed by atoms with van der Waals surface area (Å²) in [6.07, 6.45) is 1.96. The molecule has 2 aliphatic heterocycles. The first-order valence-electron chi connectivity index (χ1n) is 6.55. The van der Waals surface area contributed by atoms with E-state index in [1.807, 2.05) is 0 Å². The number of rotatable bonds is 2. The Labute approximate surface area is 116 Å². The number of hydrogen-bond donors (Lipinski definition) is 2. The molecule has 2 fully saturated rings. The number of fused-ring (bicyclic) bond motifs is 2. The van der Waals surface area contributed by atoms with E-state index >= 15 is 0 Å². The van der Waals surface area contributed by atoms with Gasteiger partial charge in [-0.1, -0.05) is 0 Å². The van der Waals surface area contributed by atoms with E-state index in [9.17, 15) is 14.4 Å². The number of aliphatic carboxylic acids is 1. The summed E-state index contributed by atoms with van der Waals surface area (Å²) < 4.78 is 5.61. The maximum absolute atomic E-state index is 12.0. The Hall–Kier alpha value is -1.89. The topological polar surface area (TPSA) is 95.9 Å². The summed E-state index contributed by atoms with van der Waals surface area (Å²) in [7, 11) is 0. The number of morpholine rings is 1. The van der Waals surface area contributed by atoms with Gasteiger partial charge in [-0.3, -0.25) is 10.1 Å². The lowest BCUT2D eigenvalue weighted by Crippen LogP contribution is -2.51. The SMILES string of the molecule is CC(C(=O)O)=C(C)C(=O)NC(=O)N1CC2CCC(C1)O2. The van der Waals surface area contributed by atoms with Crippen LogP contribution in [0.4, 0.5) is 4.79 Å². The molecular formula is C13H18N2O5. The zero-order chi connectivity index (χ0) is 14.9. The molecule has 0 radical (unpaired) electrons. The van der Waals surface area contributed by atoms with E-state index < -0.39 is 17.9 Å². The van der Waals surface area contributed by atoms with Crippen LogP contribution in [-0.4, -0.2) is 53.2 Å². The lowest BCUT2D eigenvalue weighted by Gasteiger charge is -2.31. The highest BCUT2D eigenvalue weighted by Gasteiger charge is 2.36. The van der Waals surface area contributed by atoms with E-state index in [1.54, 1.807) is 4.90 Å². The second-order valence-electron chi connectivity index (χ2n) is 5.18. The van der Waals surface area contributed by atoms with E-state index in [0.717, 1.165) is 12.8 Å². The number of imide groups is 1. The molecule has 2 N–H and O–H groups in total. The number of urea groups is 1. The van der Waals surface area contributed by atoms with Crippen LogP contribution in [0.1, 0.15) is 26.7 Å². The minimum absolute atomic E-state index is 0.0297. The lowest BCUT2D eigenvalue weighted by molar-refractivity contribution is -0.133. The normalized spacial score (nSPS) is 26.0. The van der Waals surface area contributed by atoms with Crippen LogP contribution in [0, 0.1) is 0 Å². The average molecular weight is 282 g/mol. The second-order valence-corrected chi connectivity index (χ2v) is 5.18. The summed E-state index contributed by atoms with van der Waals surface area (Å²) in [6.45, 7) is 3.65. The van der Waals surface area contributed by atoms with Gasteiger partial charge >= 0.3 is 12.0 Å². The number of amides is 3. The molecule has 0 aliphatic carbocycles. The third-order valence-corrected chi connectivity index (χ3v) is 3.78. The van der Waals surface area contributed by atoms with Crippen molar-refractivity contribution in [1.82, 2.24) is 10.2 Å². The van der Waals surface area contributed by atoms with Gasteiger partial charge in [0.05, 0.1) is 12.2 Å². The van der Waals surface area contributed by atoms with Crippen molar-refractivity contribution in [2.45, 2.75) is 38.9 Å². The number of hydrogen-bond acceptors (Lipinski definition) is 4. The number of likely N-dealkylation sites (tertiary alicyclic amines) is 1. The van der Waals surface area contributed by atoms with Crippen molar-refractivity contribution in [2.24, 2.45) is 0 Å². The highest BCUT2D eigenvalue weighted by atomic mass is 16.5. The van der Waals surface area contributed by atoms with Gasteiger partial charge in [0.15, 0.2) is 0 Å². The third-order valence-electron chi connectivity index (χ3n) is 3.78. The molecule has 0 aromatic rings. The molecule has 110 valence electrons. The molecule has 2 atom stereocenters. The molecule has 2 aliphatic rings. The molecule has 7 heteroatoms. The van der Waals surface area contributed by atoms with Gasteiger partial charge in [0, 0.05) is 24.2 Å². The molecule has 0 aromatic carbocycles. The van der Waals surface area contributed by atoms with Crippen LogP contribution in [0.3, 0.4) is 0 Å². The van der Waals surface area contributed by atoms with Gasteiger partial charge in [-0.25, -0.2) is 9.59 Å². The number of ether oxygens (including phenoxy) is 1. The van der Waals surface area contributed by atoms with Crippen molar-refractivity contribution < 1.29 is 24.2 Å². The molecule has 2 bridgehead atoms. The maximum Gasteiger partial charge on any atom is 0.331 e. The standard InChI is InChI=1S/C13H18N2O5/c1-7(8(2)12(17)18)11(16)14-13(19)15-5-9-3-4-10(6-15)20-9/h9-10H,3-6H2,1-2H3,(H,17,18)(H,14,16,19). The Kier molecular flexibility index (Phi) is 4.08. The van der Waals surface area contributed by atoms with Crippen LogP contribution in [0.25, 0.3) is 0 Å². The first-order chi connectivity index (χ1) is 9.38. The van der Waals surface area contributed by atoms with Crippen molar-refractivity contribution >= 4 is 17.9 Å². The zero-order valence-electron chi connectivity index (χ0n) is 11.5. The molecule has 2 saturated heterocycles. The first-order valence-corrected chi connectivity index (χ1v) is 6.55. The van der Waals surface area contributed by atoms with Crippen molar-refractivity contribution in [3.8, 4) is 0 Å². The van der Waals surface area contributed by atoms with Gasteiger partial charge in [-0.2, -0.15) is 0 Å². The largest absolute Gasteiger partial charge is 0.478 e. The van der Waals surface area contributed by atoms with Crippen LogP contribution in [-0.2, 0) is 14.3 Å². The van der Waals surface area contributed by atoms with E-state index in [1.165, 1.54) is 13.8 Å². The fourth-order valence-corrected chi connectivity index (χ4v) is 2.38. The summed E-state index contributed by atoms with van der Waals surface area (Å²) in [5.41, 5.74) is -0.0422. The molecule has 3 amide bonds. The van der Waals surface area contributed by atoms with E-state index in [4.69, 9.17) is 9.84 Å². The third kappa shape index (κ3) is 2.98. The fourth-order valence-electron chi connectivity index (χ4n) is 2.38. The van der Waals surface area contributed by atoms with E-state index in [-0.39, 0.29) is 23.4 Å². The number of carboxylic acids is 1. The Morgan fingerprint density at radius 3 is 2.15 bits per heavy atom. The summed E-state index contributed by atoms with van der Waals surface area (Å²) in [6, 6.07) is -0.493. The van der Waals surface area contributed by atoms with Crippen molar-refractivity contribution in [2.75, 3.05) is 13.1 Å². The lowest BCUT2D eigenvalue weighted by atomic mass is 10.1. The number of carbonyl (C=O) groups excluding carboxylic acids is 2. The number of carboxylic acid groups (broad SMARTS) is 1. The second kappa shape index (κ2) is 5.62. The molecular weight excluding hydrogens is 264 g/mol. The van der Waals surface area contributed by atoms with Crippen molar-refractivity contribution in [3.05, 3.63) is 11.1 Å². The van der Waals surface area contributed by atoms with Crippen molar-refractivity contribution in [3.63, 3.8) is 0 Å². The zero-order valence-corrected chi connectivity index (χ0v) is 11.5. The minimum Gasteiger partial charge on any atom is -0.478 e. The highest BCUT2D eigenvalue weighted by Crippen LogP contribution is 2.26. The Morgan fingerprint density at radius 1 is 1.10 bits per heavy atom. The first kappa shape index (κ1) is 14.5. The van der Waals surface area contributed by atoms with Gasteiger partial charge < -0.3 is 14.7 Å². The Morgan fingerprint density at radius 2 is 1.65 bits per heavy atom. The number of carbonyl (C=O) groups is 3. The van der Waals surface area contributed by atoms with Gasteiger partial charge in [-0.05, 0) is 26.7 Å². The summed E-state index contributed by atoms with van der Waals surface area (Å²) >= 11 is 0. The maximum atomic E-state index is 12.0. The van der Waals surface area contributed by atoms with E-state index in [2.05, 4.69) is 5.32 Å². The van der Waals surface area contributed by atoms with Gasteiger partial charge in [0.2, 0.25) is 0 Å². The predicted octanol–water partition coefficient (Wildman–Crippen LogP) is 0.507. The summed E-state index contributed by atoms with van der Waals surface area (Å²) in [4.78, 5) is 36.1. The molecule has 2 heterocycles. The number of nitrogens with zero attached hydrogens (tertiary/aromatic N) is 1. The molecule has 2 rings (SSSR count). The molecule has 0 spiro atoms. The van der Waals surface area contributed by atoms with Crippen LogP contribution < -0.4 is 5.32 Å². The number of nitrogens with one attached hydrogen (secondary N) is 1. The smallest absolute Gasteiger partial charge is 0.331 e. The van der Waals surface area contributed by atoms with Gasteiger partial charge in [-0.15, -0.1) is 0 Å². The molecule has 2 unspecified atom stereocenters. The van der Waals surface area contributed by atoms with Crippen LogP contribution >= 0.6 is 0 Å². The van der Waals surface area contributed by atoms with Crippen LogP contribution in [0.15, 0.2) is 11.1 Å². The predicted molar refractivity (Wildman–Crippen MR) is 69.0 cm³/mol. The van der Waals surface area contributed by atoms with Crippen LogP contribution in [0.2, 0.25) is 0 Å². The van der Waals surface area contributed by atoms with Crippen LogP contribution in [0.5, 0.6) is 0 Å². The average Bonchev–Trinajstić information content (AvgIpc) is 2.75. The van der Waals surface area contributed by atoms with Gasteiger partial charge in [0.25, 0.3) is 5.91 Å². The fraction of sp³-hybridized carbons (Fsp3) is 0.615. The highest BCUT2D eigenvalue weighted by molar-refractivity contribution is 6.07. The molecule has 0 aromatic heterocycles. The molecule has 7 nitrogen and oxygen atoms in total. The molecule has 20 heavy (non-hydrogen) atoms. The Bertz CT molecular complexity index is 473. The quantitative estimate of drug-likeness (QED) is 0.719. The van der Waals surface area contributed by atoms with Crippen molar-refractivity contribution in [1.29, 1.82) is 0 Å². The molecule has 0 saturated carbocycles. The van der Waals surface area contributed by atoms with Gasteiger partial charge in [0.1, 0.15) is 0 Å². The minimum atomic E-state index is -1.17.